The van der Waals surface area contributed by atoms with Gasteiger partial charge in [0.15, 0.2) is 0 Å². The number of carboxylic acids is 1. The quantitative estimate of drug-likeness (QED) is 0.611. The molecule has 0 aromatic heterocycles. The third-order valence-electron chi connectivity index (χ3n) is 1.29. The molecule has 0 rings (SSSR count). The van der Waals surface area contributed by atoms with E-state index in [1.54, 1.807) is 0 Å². The lowest BCUT2D eigenvalue weighted by Crippen LogP contribution is -1.89. The zero-order valence-corrected chi connectivity index (χ0v) is 6.55. The van der Waals surface area contributed by atoms with Crippen LogP contribution < -0.4 is 0 Å². The Morgan fingerprint density at radius 3 is 2.60 bits per heavy atom. The first-order valence-corrected chi connectivity index (χ1v) is 3.57. The molecule has 1 N–H and O–H groups in total. The second-order valence-electron chi connectivity index (χ2n) is 2.43. The minimum atomic E-state index is -0.839. The molecule has 0 aliphatic carbocycles. The lowest BCUT2D eigenvalue weighted by atomic mass is 10.1. The van der Waals surface area contributed by atoms with Crippen molar-refractivity contribution in [2.24, 2.45) is 0 Å². The normalized spacial score (nSPS) is 11.6. The molecule has 0 saturated carbocycles. The molecule has 58 valence electrons. The standard InChI is InChI=1S/C8H14O2/c1-3-4-5-7(2)6-8(9)10/h6H,3-5H2,1-2H3,(H,9,10). The highest BCUT2D eigenvalue weighted by atomic mass is 16.4. The Hall–Kier alpha value is -0.790. The molecule has 0 aromatic carbocycles. The minimum Gasteiger partial charge on any atom is -0.478 e. The van der Waals surface area contributed by atoms with Crippen molar-refractivity contribution in [2.45, 2.75) is 33.1 Å². The van der Waals surface area contributed by atoms with Crippen molar-refractivity contribution in [3.8, 4) is 0 Å². The van der Waals surface area contributed by atoms with Gasteiger partial charge in [0.1, 0.15) is 0 Å². The molecule has 0 spiro atoms. The number of allylic oxidation sites excluding steroid dienone is 1. The van der Waals surface area contributed by atoms with Crippen LogP contribution in [0.5, 0.6) is 0 Å². The van der Waals surface area contributed by atoms with Crippen LogP contribution in [-0.4, -0.2) is 11.1 Å². The van der Waals surface area contributed by atoms with Crippen LogP contribution in [0.1, 0.15) is 33.1 Å². The largest absolute Gasteiger partial charge is 0.478 e. The van der Waals surface area contributed by atoms with Crippen molar-refractivity contribution < 1.29 is 9.90 Å². The predicted octanol–water partition coefficient (Wildman–Crippen LogP) is 2.21. The van der Waals surface area contributed by atoms with Crippen molar-refractivity contribution in [1.82, 2.24) is 0 Å². The average Bonchev–Trinajstić information content (AvgIpc) is 1.82. The number of unbranched alkanes of at least 4 members (excludes halogenated alkanes) is 1. The number of carboxylic acid groups (broad SMARTS) is 1. The Balaban J connectivity index is 3.60. The van der Waals surface area contributed by atoms with Crippen LogP contribution in [0, 0.1) is 0 Å². The molecule has 0 aliphatic heterocycles. The summed E-state index contributed by atoms with van der Waals surface area (Å²) in [5.74, 6) is -0.839. The number of aliphatic carboxylic acids is 1. The van der Waals surface area contributed by atoms with E-state index in [-0.39, 0.29) is 0 Å². The smallest absolute Gasteiger partial charge is 0.328 e. The fourth-order valence-electron chi connectivity index (χ4n) is 0.739. The van der Waals surface area contributed by atoms with Gasteiger partial charge in [-0.05, 0) is 19.8 Å². The van der Waals surface area contributed by atoms with E-state index in [2.05, 4.69) is 6.92 Å². The monoisotopic (exact) mass is 142 g/mol. The van der Waals surface area contributed by atoms with E-state index >= 15 is 0 Å². The molecule has 2 heteroatoms. The lowest BCUT2D eigenvalue weighted by Gasteiger charge is -1.95. The van der Waals surface area contributed by atoms with Crippen LogP contribution in [0.4, 0.5) is 0 Å². The van der Waals surface area contributed by atoms with E-state index in [1.165, 1.54) is 6.08 Å². The van der Waals surface area contributed by atoms with Gasteiger partial charge in [0, 0.05) is 6.08 Å². The summed E-state index contributed by atoms with van der Waals surface area (Å²) in [5, 5.41) is 8.31. The summed E-state index contributed by atoms with van der Waals surface area (Å²) in [6.07, 6.45) is 4.37. The van der Waals surface area contributed by atoms with Crippen LogP contribution in [0.15, 0.2) is 11.6 Å². The van der Waals surface area contributed by atoms with Gasteiger partial charge in [-0.3, -0.25) is 0 Å². The average molecular weight is 142 g/mol. The fraction of sp³-hybridized carbons (Fsp3) is 0.625. The molecule has 0 amide bonds. The van der Waals surface area contributed by atoms with Crippen LogP contribution in [0.3, 0.4) is 0 Å². The Morgan fingerprint density at radius 1 is 1.60 bits per heavy atom. The van der Waals surface area contributed by atoms with Crippen molar-refractivity contribution in [1.29, 1.82) is 0 Å². The second-order valence-corrected chi connectivity index (χ2v) is 2.43. The van der Waals surface area contributed by atoms with Gasteiger partial charge in [0.25, 0.3) is 0 Å². The molecule has 0 atom stereocenters. The summed E-state index contributed by atoms with van der Waals surface area (Å²) in [7, 11) is 0. The van der Waals surface area contributed by atoms with Crippen LogP contribution in [0.2, 0.25) is 0 Å². The molecule has 0 bridgehead atoms. The highest BCUT2D eigenvalue weighted by Crippen LogP contribution is 2.04. The number of hydrogen-bond acceptors (Lipinski definition) is 1. The van der Waals surface area contributed by atoms with Gasteiger partial charge >= 0.3 is 5.97 Å². The molecule has 0 radical (unpaired) electrons. The first kappa shape index (κ1) is 9.21. The van der Waals surface area contributed by atoms with Crippen molar-refractivity contribution >= 4 is 5.97 Å². The Morgan fingerprint density at radius 2 is 2.20 bits per heavy atom. The van der Waals surface area contributed by atoms with Gasteiger partial charge in [-0.25, -0.2) is 4.79 Å². The van der Waals surface area contributed by atoms with Crippen LogP contribution in [-0.2, 0) is 4.79 Å². The first-order chi connectivity index (χ1) is 4.66. The maximum atomic E-state index is 10.1. The van der Waals surface area contributed by atoms with E-state index < -0.39 is 5.97 Å². The summed E-state index contributed by atoms with van der Waals surface area (Å²) in [6.45, 7) is 3.94. The van der Waals surface area contributed by atoms with E-state index in [0.717, 1.165) is 24.8 Å². The maximum absolute atomic E-state index is 10.1. The molecule has 0 aliphatic rings. The minimum absolute atomic E-state index is 0.839. The summed E-state index contributed by atoms with van der Waals surface area (Å²) < 4.78 is 0. The van der Waals surface area contributed by atoms with Crippen molar-refractivity contribution in [2.75, 3.05) is 0 Å². The Kier molecular flexibility index (Phi) is 4.63. The zero-order valence-electron chi connectivity index (χ0n) is 6.55. The van der Waals surface area contributed by atoms with Gasteiger partial charge in [0.05, 0.1) is 0 Å². The summed E-state index contributed by atoms with van der Waals surface area (Å²) in [6, 6.07) is 0. The third-order valence-corrected chi connectivity index (χ3v) is 1.29. The SMILES string of the molecule is CCCCC(C)=CC(=O)O. The lowest BCUT2D eigenvalue weighted by molar-refractivity contribution is -0.131. The number of rotatable bonds is 4. The Bertz CT molecular complexity index is 136. The van der Waals surface area contributed by atoms with Crippen molar-refractivity contribution in [3.05, 3.63) is 11.6 Å². The van der Waals surface area contributed by atoms with Crippen LogP contribution >= 0.6 is 0 Å². The molecule has 0 heterocycles. The summed E-state index contributed by atoms with van der Waals surface area (Å²) in [4.78, 5) is 10.1. The molecule has 0 saturated heterocycles. The first-order valence-electron chi connectivity index (χ1n) is 3.57. The molecule has 0 fully saturated rings. The topological polar surface area (TPSA) is 37.3 Å². The van der Waals surface area contributed by atoms with Gasteiger partial charge in [-0.1, -0.05) is 18.9 Å². The molecule has 0 aromatic rings. The van der Waals surface area contributed by atoms with Gasteiger partial charge in [-0.15, -0.1) is 0 Å². The second kappa shape index (κ2) is 5.03. The van der Waals surface area contributed by atoms with Gasteiger partial charge in [-0.2, -0.15) is 0 Å². The van der Waals surface area contributed by atoms with E-state index in [4.69, 9.17) is 5.11 Å². The molecular formula is C8H14O2. The highest BCUT2D eigenvalue weighted by molar-refractivity contribution is 5.80. The van der Waals surface area contributed by atoms with E-state index in [0.29, 0.717) is 0 Å². The van der Waals surface area contributed by atoms with Gasteiger partial charge < -0.3 is 5.11 Å². The van der Waals surface area contributed by atoms with Crippen LogP contribution in [0.25, 0.3) is 0 Å². The number of hydrogen-bond donors (Lipinski definition) is 1. The summed E-state index contributed by atoms with van der Waals surface area (Å²) >= 11 is 0. The summed E-state index contributed by atoms with van der Waals surface area (Å²) in [5.41, 5.74) is 0.953. The molecule has 10 heavy (non-hydrogen) atoms. The molecule has 0 unspecified atom stereocenters. The fourth-order valence-corrected chi connectivity index (χ4v) is 0.739. The molecule has 2 nitrogen and oxygen atoms in total. The number of carbonyl (C=O) groups is 1. The predicted molar refractivity (Wildman–Crippen MR) is 40.9 cm³/mol. The highest BCUT2D eigenvalue weighted by Gasteiger charge is 1.92. The van der Waals surface area contributed by atoms with E-state index in [1.807, 2.05) is 6.92 Å². The van der Waals surface area contributed by atoms with Gasteiger partial charge in [0.2, 0.25) is 0 Å². The maximum Gasteiger partial charge on any atom is 0.328 e. The zero-order chi connectivity index (χ0) is 7.98. The third kappa shape index (κ3) is 5.35. The molecular weight excluding hydrogens is 128 g/mol. The van der Waals surface area contributed by atoms with E-state index in [9.17, 15) is 4.79 Å². The van der Waals surface area contributed by atoms with Crippen molar-refractivity contribution in [3.63, 3.8) is 0 Å². The Labute approximate surface area is 61.6 Å².